The van der Waals surface area contributed by atoms with Gasteiger partial charge in [-0.25, -0.2) is 4.39 Å². The van der Waals surface area contributed by atoms with E-state index in [0.29, 0.717) is 5.56 Å². The van der Waals surface area contributed by atoms with E-state index in [1.165, 1.54) is 12.1 Å². The van der Waals surface area contributed by atoms with Crippen LogP contribution in [0.4, 0.5) is 4.39 Å². The third-order valence-electron chi connectivity index (χ3n) is 3.75. The van der Waals surface area contributed by atoms with Gasteiger partial charge >= 0.3 is 0 Å². The van der Waals surface area contributed by atoms with Gasteiger partial charge in [0.15, 0.2) is 0 Å². The van der Waals surface area contributed by atoms with Crippen LogP contribution < -0.4 is 5.32 Å². The van der Waals surface area contributed by atoms with Gasteiger partial charge in [-0.2, -0.15) is 0 Å². The van der Waals surface area contributed by atoms with Gasteiger partial charge in [0.05, 0.1) is 5.56 Å². The van der Waals surface area contributed by atoms with Crippen LogP contribution in [0.15, 0.2) is 30.3 Å². The van der Waals surface area contributed by atoms with Crippen molar-refractivity contribution in [1.82, 2.24) is 9.88 Å². The zero-order chi connectivity index (χ0) is 15.6. The van der Waals surface area contributed by atoms with Crippen LogP contribution in [0.2, 0.25) is 0 Å². The van der Waals surface area contributed by atoms with Crippen molar-refractivity contribution in [3.05, 3.63) is 53.1 Å². The third-order valence-corrected chi connectivity index (χ3v) is 3.75. The van der Waals surface area contributed by atoms with Crippen molar-refractivity contribution in [2.45, 2.75) is 40.2 Å². The second-order valence-electron chi connectivity index (χ2n) is 5.38. The van der Waals surface area contributed by atoms with Crippen molar-refractivity contribution in [2.24, 2.45) is 0 Å². The SMILES string of the molecule is CCC(C)NC(=O)c1cc(C)n(-c2ccc(F)cc2)c1C. The molecule has 0 fully saturated rings. The van der Waals surface area contributed by atoms with Gasteiger partial charge in [-0.05, 0) is 57.5 Å². The fourth-order valence-electron chi connectivity index (χ4n) is 2.38. The first kappa shape index (κ1) is 15.3. The summed E-state index contributed by atoms with van der Waals surface area (Å²) in [4.78, 5) is 12.3. The highest BCUT2D eigenvalue weighted by Crippen LogP contribution is 2.21. The molecule has 4 heteroatoms. The minimum atomic E-state index is -0.268. The van der Waals surface area contributed by atoms with Crippen LogP contribution in [0, 0.1) is 19.7 Å². The number of aryl methyl sites for hydroxylation is 1. The van der Waals surface area contributed by atoms with Crippen molar-refractivity contribution in [1.29, 1.82) is 0 Å². The number of halogens is 1. The van der Waals surface area contributed by atoms with Gasteiger partial charge in [0, 0.05) is 23.1 Å². The smallest absolute Gasteiger partial charge is 0.253 e. The van der Waals surface area contributed by atoms with Crippen LogP contribution >= 0.6 is 0 Å². The zero-order valence-electron chi connectivity index (χ0n) is 12.9. The summed E-state index contributed by atoms with van der Waals surface area (Å²) in [5.41, 5.74) is 3.33. The summed E-state index contributed by atoms with van der Waals surface area (Å²) in [5.74, 6) is -0.332. The van der Waals surface area contributed by atoms with Crippen LogP contribution in [-0.4, -0.2) is 16.5 Å². The van der Waals surface area contributed by atoms with Crippen molar-refractivity contribution in [3.63, 3.8) is 0 Å². The first-order chi connectivity index (χ1) is 9.93. The molecule has 0 aliphatic heterocycles. The Kier molecular flexibility index (Phi) is 4.46. The lowest BCUT2D eigenvalue weighted by Gasteiger charge is -2.12. The third kappa shape index (κ3) is 3.15. The normalized spacial score (nSPS) is 12.2. The summed E-state index contributed by atoms with van der Waals surface area (Å²) in [6.45, 7) is 7.86. The highest BCUT2D eigenvalue weighted by molar-refractivity contribution is 5.96. The Morgan fingerprint density at radius 2 is 1.90 bits per heavy atom. The summed E-state index contributed by atoms with van der Waals surface area (Å²) in [6, 6.07) is 8.29. The van der Waals surface area contributed by atoms with E-state index in [1.807, 2.05) is 38.3 Å². The Morgan fingerprint density at radius 3 is 2.48 bits per heavy atom. The van der Waals surface area contributed by atoms with Crippen LogP contribution in [0.1, 0.15) is 42.0 Å². The maximum absolute atomic E-state index is 13.0. The number of benzene rings is 1. The van der Waals surface area contributed by atoms with E-state index in [1.54, 1.807) is 12.1 Å². The average Bonchev–Trinajstić information content (AvgIpc) is 2.75. The molecule has 1 unspecified atom stereocenters. The molecule has 0 aliphatic rings. The van der Waals surface area contributed by atoms with Crippen LogP contribution in [-0.2, 0) is 0 Å². The average molecular weight is 288 g/mol. The molecule has 0 aliphatic carbocycles. The molecule has 0 radical (unpaired) electrons. The first-order valence-corrected chi connectivity index (χ1v) is 7.19. The number of carbonyl (C=O) groups is 1. The largest absolute Gasteiger partial charge is 0.350 e. The van der Waals surface area contributed by atoms with E-state index in [4.69, 9.17) is 0 Å². The van der Waals surface area contributed by atoms with Gasteiger partial charge in [-0.15, -0.1) is 0 Å². The zero-order valence-corrected chi connectivity index (χ0v) is 12.9. The lowest BCUT2D eigenvalue weighted by Crippen LogP contribution is -2.32. The standard InChI is InChI=1S/C17H21FN2O/c1-5-11(2)19-17(21)16-10-12(3)20(13(16)4)15-8-6-14(18)7-9-15/h6-11H,5H2,1-4H3,(H,19,21). The quantitative estimate of drug-likeness (QED) is 0.913. The first-order valence-electron chi connectivity index (χ1n) is 7.19. The lowest BCUT2D eigenvalue weighted by atomic mass is 10.2. The number of rotatable bonds is 4. The molecule has 2 aromatic rings. The molecule has 0 spiro atoms. The van der Waals surface area contributed by atoms with Crippen LogP contribution in [0.5, 0.6) is 0 Å². The van der Waals surface area contributed by atoms with Crippen molar-refractivity contribution < 1.29 is 9.18 Å². The van der Waals surface area contributed by atoms with Gasteiger partial charge in [-0.3, -0.25) is 4.79 Å². The highest BCUT2D eigenvalue weighted by atomic mass is 19.1. The van der Waals surface area contributed by atoms with Crippen molar-refractivity contribution in [3.8, 4) is 5.69 Å². The molecule has 112 valence electrons. The van der Waals surface area contributed by atoms with E-state index in [0.717, 1.165) is 23.5 Å². The molecule has 1 aromatic heterocycles. The Hall–Kier alpha value is -2.10. The predicted octanol–water partition coefficient (Wildman–Crippen LogP) is 3.76. The van der Waals surface area contributed by atoms with Gasteiger partial charge in [0.25, 0.3) is 5.91 Å². The molecule has 1 amide bonds. The number of carbonyl (C=O) groups excluding carboxylic acids is 1. The molecule has 0 saturated carbocycles. The Morgan fingerprint density at radius 1 is 1.29 bits per heavy atom. The van der Waals surface area contributed by atoms with E-state index in [2.05, 4.69) is 5.32 Å². The van der Waals surface area contributed by atoms with Gasteiger partial charge < -0.3 is 9.88 Å². The summed E-state index contributed by atoms with van der Waals surface area (Å²) >= 11 is 0. The highest BCUT2D eigenvalue weighted by Gasteiger charge is 2.17. The number of nitrogens with one attached hydrogen (secondary N) is 1. The maximum Gasteiger partial charge on any atom is 0.253 e. The van der Waals surface area contributed by atoms with Crippen LogP contribution in [0.3, 0.4) is 0 Å². The number of hydrogen-bond acceptors (Lipinski definition) is 1. The molecule has 0 bridgehead atoms. The van der Waals surface area contributed by atoms with Gasteiger partial charge in [-0.1, -0.05) is 6.92 Å². The molecule has 1 heterocycles. The monoisotopic (exact) mass is 288 g/mol. The summed E-state index contributed by atoms with van der Waals surface area (Å²) in [6.07, 6.45) is 0.891. The van der Waals surface area contributed by atoms with E-state index < -0.39 is 0 Å². The molecule has 1 atom stereocenters. The fraction of sp³-hybridized carbons (Fsp3) is 0.353. The fourth-order valence-corrected chi connectivity index (χ4v) is 2.38. The molecular formula is C17H21FN2O. The molecule has 21 heavy (non-hydrogen) atoms. The molecular weight excluding hydrogens is 267 g/mol. The second kappa shape index (κ2) is 6.12. The number of aromatic nitrogens is 1. The minimum Gasteiger partial charge on any atom is -0.350 e. The topological polar surface area (TPSA) is 34.0 Å². The molecule has 3 nitrogen and oxygen atoms in total. The summed E-state index contributed by atoms with van der Waals surface area (Å²) in [7, 11) is 0. The second-order valence-corrected chi connectivity index (χ2v) is 5.38. The Balaban J connectivity index is 2.38. The summed E-state index contributed by atoms with van der Waals surface area (Å²) < 4.78 is 15.0. The Labute approximate surface area is 124 Å². The van der Waals surface area contributed by atoms with Crippen LogP contribution in [0.25, 0.3) is 5.69 Å². The number of nitrogens with zero attached hydrogens (tertiary/aromatic N) is 1. The number of hydrogen-bond donors (Lipinski definition) is 1. The van der Waals surface area contributed by atoms with E-state index in [-0.39, 0.29) is 17.8 Å². The van der Waals surface area contributed by atoms with E-state index >= 15 is 0 Å². The van der Waals surface area contributed by atoms with E-state index in [9.17, 15) is 9.18 Å². The van der Waals surface area contributed by atoms with Gasteiger partial charge in [0.2, 0.25) is 0 Å². The van der Waals surface area contributed by atoms with Gasteiger partial charge in [0.1, 0.15) is 5.82 Å². The predicted molar refractivity (Wildman–Crippen MR) is 82.4 cm³/mol. The molecule has 2 rings (SSSR count). The minimum absolute atomic E-state index is 0.0641. The molecule has 0 saturated heterocycles. The lowest BCUT2D eigenvalue weighted by molar-refractivity contribution is 0.0938. The molecule has 1 aromatic carbocycles. The van der Waals surface area contributed by atoms with Crippen molar-refractivity contribution >= 4 is 5.91 Å². The summed E-state index contributed by atoms with van der Waals surface area (Å²) in [5, 5.41) is 2.98. The maximum atomic E-state index is 13.0. The molecule has 1 N–H and O–H groups in total. The number of amides is 1. The Bertz CT molecular complexity index is 644. The van der Waals surface area contributed by atoms with Crippen molar-refractivity contribution in [2.75, 3.05) is 0 Å².